The van der Waals surface area contributed by atoms with Gasteiger partial charge >= 0.3 is 0 Å². The van der Waals surface area contributed by atoms with Gasteiger partial charge in [-0.3, -0.25) is 4.79 Å². The molecule has 0 amide bonds. The molecule has 1 aromatic carbocycles. The quantitative estimate of drug-likeness (QED) is 0.859. The summed E-state index contributed by atoms with van der Waals surface area (Å²) >= 11 is 0. The molecule has 1 spiro atoms. The van der Waals surface area contributed by atoms with E-state index in [-0.39, 0.29) is 11.4 Å². The SMILES string of the molecule is O=c1ccc(-c2ccccc2F)nn1CC1CC12CC2. The molecule has 2 saturated carbocycles. The lowest BCUT2D eigenvalue weighted by molar-refractivity contribution is 0.504. The minimum Gasteiger partial charge on any atom is -0.268 e. The first kappa shape index (κ1) is 11.8. The molecule has 0 saturated heterocycles. The molecular weight excluding hydrogens is 255 g/mol. The van der Waals surface area contributed by atoms with Crippen LogP contribution in [0.15, 0.2) is 41.2 Å². The van der Waals surface area contributed by atoms with Crippen molar-refractivity contribution in [2.24, 2.45) is 11.3 Å². The number of aromatic nitrogens is 2. The highest BCUT2D eigenvalue weighted by atomic mass is 19.1. The maximum Gasteiger partial charge on any atom is 0.266 e. The zero-order valence-electron chi connectivity index (χ0n) is 11.1. The number of hydrogen-bond acceptors (Lipinski definition) is 2. The molecule has 3 nitrogen and oxygen atoms in total. The summed E-state index contributed by atoms with van der Waals surface area (Å²) in [6, 6.07) is 9.60. The highest BCUT2D eigenvalue weighted by Crippen LogP contribution is 2.70. The molecule has 1 aromatic heterocycles. The lowest BCUT2D eigenvalue weighted by Crippen LogP contribution is -2.23. The van der Waals surface area contributed by atoms with Crippen LogP contribution in [0.2, 0.25) is 0 Å². The average molecular weight is 270 g/mol. The van der Waals surface area contributed by atoms with Crippen molar-refractivity contribution < 1.29 is 4.39 Å². The zero-order valence-corrected chi connectivity index (χ0v) is 11.1. The first-order valence-corrected chi connectivity index (χ1v) is 7.01. The summed E-state index contributed by atoms with van der Waals surface area (Å²) in [5.41, 5.74) is 1.40. The fourth-order valence-corrected chi connectivity index (χ4v) is 3.06. The fourth-order valence-electron chi connectivity index (χ4n) is 3.06. The van der Waals surface area contributed by atoms with Crippen LogP contribution in [0, 0.1) is 17.2 Å². The molecule has 0 bridgehead atoms. The topological polar surface area (TPSA) is 34.9 Å². The Morgan fingerprint density at radius 2 is 2.05 bits per heavy atom. The van der Waals surface area contributed by atoms with Crippen LogP contribution in [0.3, 0.4) is 0 Å². The van der Waals surface area contributed by atoms with Crippen molar-refractivity contribution in [1.29, 1.82) is 0 Å². The van der Waals surface area contributed by atoms with E-state index >= 15 is 0 Å². The summed E-state index contributed by atoms with van der Waals surface area (Å²) < 4.78 is 15.3. The van der Waals surface area contributed by atoms with Crippen LogP contribution < -0.4 is 5.56 Å². The molecule has 4 heteroatoms. The maximum absolute atomic E-state index is 13.8. The van der Waals surface area contributed by atoms with E-state index in [9.17, 15) is 9.18 Å². The second kappa shape index (κ2) is 4.01. The van der Waals surface area contributed by atoms with Gasteiger partial charge in [0.05, 0.1) is 5.69 Å². The van der Waals surface area contributed by atoms with Crippen LogP contribution >= 0.6 is 0 Å². The van der Waals surface area contributed by atoms with Gasteiger partial charge < -0.3 is 0 Å². The van der Waals surface area contributed by atoms with Crippen LogP contribution in [0.4, 0.5) is 4.39 Å². The standard InChI is InChI=1S/C16H15FN2O/c17-13-4-2-1-3-12(13)14-5-6-15(20)19(18-14)10-11-9-16(11)7-8-16/h1-6,11H,7-10H2. The van der Waals surface area contributed by atoms with Crippen molar-refractivity contribution in [2.75, 3.05) is 0 Å². The zero-order chi connectivity index (χ0) is 13.7. The molecule has 2 aliphatic carbocycles. The van der Waals surface area contributed by atoms with Gasteiger partial charge in [-0.1, -0.05) is 12.1 Å². The molecule has 2 aliphatic rings. The third kappa shape index (κ3) is 1.87. The number of hydrogen-bond donors (Lipinski definition) is 0. The van der Waals surface area contributed by atoms with E-state index in [1.807, 2.05) is 0 Å². The van der Waals surface area contributed by atoms with Crippen LogP contribution in [0.1, 0.15) is 19.3 Å². The molecule has 0 radical (unpaired) electrons. The van der Waals surface area contributed by atoms with E-state index < -0.39 is 0 Å². The number of benzene rings is 1. The largest absolute Gasteiger partial charge is 0.268 e. The molecule has 1 unspecified atom stereocenters. The molecule has 0 N–H and O–H groups in total. The third-order valence-electron chi connectivity index (χ3n) is 4.66. The van der Waals surface area contributed by atoms with E-state index in [0.29, 0.717) is 29.1 Å². The highest BCUT2D eigenvalue weighted by Gasteiger charge is 2.62. The van der Waals surface area contributed by atoms with Gasteiger partial charge in [0.2, 0.25) is 0 Å². The van der Waals surface area contributed by atoms with Gasteiger partial charge in [-0.25, -0.2) is 9.07 Å². The first-order chi connectivity index (χ1) is 9.68. The van der Waals surface area contributed by atoms with Gasteiger partial charge in [-0.2, -0.15) is 5.10 Å². The van der Waals surface area contributed by atoms with Gasteiger partial charge in [0.15, 0.2) is 0 Å². The predicted octanol–water partition coefficient (Wildman–Crippen LogP) is 2.85. The smallest absolute Gasteiger partial charge is 0.266 e. The summed E-state index contributed by atoms with van der Waals surface area (Å²) in [6.07, 6.45) is 3.80. The lowest BCUT2D eigenvalue weighted by atomic mass is 10.1. The minimum absolute atomic E-state index is 0.104. The Hall–Kier alpha value is -1.97. The summed E-state index contributed by atoms with van der Waals surface area (Å²) in [5, 5.41) is 4.34. The van der Waals surface area contributed by atoms with Gasteiger partial charge in [0, 0.05) is 18.2 Å². The van der Waals surface area contributed by atoms with E-state index in [0.717, 1.165) is 0 Å². The molecule has 2 fully saturated rings. The van der Waals surface area contributed by atoms with Crippen LogP contribution in [-0.4, -0.2) is 9.78 Å². The minimum atomic E-state index is -0.310. The Balaban J connectivity index is 1.68. The van der Waals surface area contributed by atoms with Crippen molar-refractivity contribution in [3.63, 3.8) is 0 Å². The molecular formula is C16H15FN2O. The van der Waals surface area contributed by atoms with Crippen molar-refractivity contribution >= 4 is 0 Å². The molecule has 1 atom stereocenters. The average Bonchev–Trinajstić information content (AvgIpc) is 3.35. The first-order valence-electron chi connectivity index (χ1n) is 7.01. The van der Waals surface area contributed by atoms with Crippen LogP contribution in [0.25, 0.3) is 11.3 Å². The Kier molecular flexibility index (Phi) is 2.37. The van der Waals surface area contributed by atoms with Crippen molar-refractivity contribution in [1.82, 2.24) is 9.78 Å². The Labute approximate surface area is 116 Å². The monoisotopic (exact) mass is 270 g/mol. The second-order valence-electron chi connectivity index (χ2n) is 5.98. The van der Waals surface area contributed by atoms with Crippen LogP contribution in [-0.2, 0) is 6.54 Å². The molecule has 102 valence electrons. The number of halogens is 1. The van der Waals surface area contributed by atoms with Crippen LogP contribution in [0.5, 0.6) is 0 Å². The van der Waals surface area contributed by atoms with Crippen molar-refractivity contribution in [2.45, 2.75) is 25.8 Å². The van der Waals surface area contributed by atoms with Gasteiger partial charge in [-0.05, 0) is 48.8 Å². The van der Waals surface area contributed by atoms with Gasteiger partial charge in [-0.15, -0.1) is 0 Å². The Bertz CT molecular complexity index is 733. The van der Waals surface area contributed by atoms with Gasteiger partial charge in [0.25, 0.3) is 5.56 Å². The molecule has 0 aliphatic heterocycles. The van der Waals surface area contributed by atoms with E-state index in [1.54, 1.807) is 24.3 Å². The molecule has 20 heavy (non-hydrogen) atoms. The summed E-state index contributed by atoms with van der Waals surface area (Å²) in [5.74, 6) is 0.277. The third-order valence-corrected chi connectivity index (χ3v) is 4.66. The molecule has 4 rings (SSSR count). The lowest BCUT2D eigenvalue weighted by Gasteiger charge is -2.07. The van der Waals surface area contributed by atoms with Crippen molar-refractivity contribution in [3.05, 3.63) is 52.6 Å². The van der Waals surface area contributed by atoms with E-state index in [2.05, 4.69) is 5.10 Å². The Morgan fingerprint density at radius 3 is 2.75 bits per heavy atom. The summed E-state index contributed by atoms with van der Waals surface area (Å²) in [4.78, 5) is 11.9. The Morgan fingerprint density at radius 1 is 1.25 bits per heavy atom. The second-order valence-corrected chi connectivity index (χ2v) is 5.98. The maximum atomic E-state index is 13.8. The fraction of sp³-hybridized carbons (Fsp3) is 0.375. The normalized spacial score (nSPS) is 21.9. The number of rotatable bonds is 3. The summed E-state index contributed by atoms with van der Waals surface area (Å²) in [6.45, 7) is 0.668. The van der Waals surface area contributed by atoms with E-state index in [4.69, 9.17) is 0 Å². The molecule has 2 aromatic rings. The van der Waals surface area contributed by atoms with Crippen molar-refractivity contribution in [3.8, 4) is 11.3 Å². The summed E-state index contributed by atoms with van der Waals surface area (Å²) in [7, 11) is 0. The van der Waals surface area contributed by atoms with Gasteiger partial charge in [0.1, 0.15) is 5.82 Å². The highest BCUT2D eigenvalue weighted by molar-refractivity contribution is 5.58. The molecule has 1 heterocycles. The van der Waals surface area contributed by atoms with E-state index in [1.165, 1.54) is 36.1 Å². The predicted molar refractivity (Wildman–Crippen MR) is 73.7 cm³/mol. The number of nitrogens with zero attached hydrogens (tertiary/aromatic N) is 2.